The van der Waals surface area contributed by atoms with Gasteiger partial charge in [-0.2, -0.15) is 12.6 Å². The zero-order valence-corrected chi connectivity index (χ0v) is 38.6. The van der Waals surface area contributed by atoms with Crippen LogP contribution in [-0.4, -0.2) is 113 Å². The van der Waals surface area contributed by atoms with Crippen LogP contribution in [0.3, 0.4) is 0 Å². The lowest BCUT2D eigenvalue weighted by Crippen LogP contribution is -2.65. The fourth-order valence-corrected chi connectivity index (χ4v) is 9.06. The van der Waals surface area contributed by atoms with Crippen molar-refractivity contribution in [3.8, 4) is 0 Å². The number of phosphoric acid groups is 3. The minimum Gasteiger partial charge on any atom is -0.462 e. The van der Waals surface area contributed by atoms with Crippen LogP contribution in [0.4, 0.5) is 0 Å². The van der Waals surface area contributed by atoms with Crippen molar-refractivity contribution in [3.63, 3.8) is 0 Å². The van der Waals surface area contributed by atoms with Gasteiger partial charge in [0.15, 0.2) is 6.10 Å². The van der Waals surface area contributed by atoms with E-state index < -0.39 is 91.3 Å². The van der Waals surface area contributed by atoms with Gasteiger partial charge in [0.2, 0.25) is 0 Å². The largest absolute Gasteiger partial charge is 0.472 e. The first kappa shape index (κ1) is 57.5. The van der Waals surface area contributed by atoms with Gasteiger partial charge in [-0.3, -0.25) is 27.7 Å². The molecule has 0 amide bonds. The van der Waals surface area contributed by atoms with E-state index in [4.69, 9.17) is 18.5 Å². The van der Waals surface area contributed by atoms with E-state index in [1.807, 2.05) is 0 Å². The van der Waals surface area contributed by atoms with E-state index in [-0.39, 0.29) is 12.8 Å². The molecule has 0 bridgehead atoms. The Morgan fingerprint density at radius 3 is 1.33 bits per heavy atom. The van der Waals surface area contributed by atoms with E-state index in [2.05, 4.69) is 28.6 Å². The summed E-state index contributed by atoms with van der Waals surface area (Å²) in [7, 11) is -16.6. The van der Waals surface area contributed by atoms with Gasteiger partial charge >= 0.3 is 35.4 Å². The maximum Gasteiger partial charge on any atom is 0.472 e. The van der Waals surface area contributed by atoms with Crippen LogP contribution in [0.2, 0.25) is 0 Å². The van der Waals surface area contributed by atoms with Gasteiger partial charge in [0, 0.05) is 12.8 Å². The van der Waals surface area contributed by atoms with Gasteiger partial charge < -0.3 is 49.3 Å². The van der Waals surface area contributed by atoms with E-state index in [1.165, 1.54) is 57.8 Å². The Morgan fingerprint density at radius 2 is 0.900 bits per heavy atom. The molecule has 1 rings (SSSR count). The third-order valence-corrected chi connectivity index (χ3v) is 12.3. The molecule has 0 radical (unpaired) electrons. The number of carbonyl (C=O) groups is 2. The number of hydrogen-bond acceptors (Lipinski definition) is 15. The summed E-state index contributed by atoms with van der Waals surface area (Å²) in [6, 6.07) is 0. The highest BCUT2D eigenvalue weighted by molar-refractivity contribution is 7.80. The molecular formula is C37H73O19P3S. The Kier molecular flexibility index (Phi) is 30.9. The van der Waals surface area contributed by atoms with Crippen LogP contribution >= 0.6 is 36.1 Å². The van der Waals surface area contributed by atoms with E-state index in [0.717, 1.165) is 76.4 Å². The Balaban J connectivity index is 2.79. The van der Waals surface area contributed by atoms with Gasteiger partial charge in [0.25, 0.3) is 0 Å². The zero-order valence-electron chi connectivity index (χ0n) is 35.0. The van der Waals surface area contributed by atoms with Gasteiger partial charge in [-0.25, -0.2) is 13.7 Å². The lowest BCUT2D eigenvalue weighted by Gasteiger charge is -2.44. The van der Waals surface area contributed by atoms with Crippen LogP contribution in [-0.2, 0) is 50.9 Å². The Labute approximate surface area is 360 Å². The number of aliphatic hydroxyl groups excluding tert-OH is 3. The highest BCUT2D eigenvalue weighted by Gasteiger charge is 2.56. The highest BCUT2D eigenvalue weighted by Crippen LogP contribution is 2.51. The predicted octanol–water partition coefficient (Wildman–Crippen LogP) is 6.31. The fourth-order valence-electron chi connectivity index (χ4n) is 6.74. The van der Waals surface area contributed by atoms with Crippen LogP contribution in [0.25, 0.3) is 0 Å². The third-order valence-electron chi connectivity index (χ3n) is 9.97. The molecule has 4 unspecified atom stereocenters. The van der Waals surface area contributed by atoms with Gasteiger partial charge in [0.1, 0.15) is 43.2 Å². The van der Waals surface area contributed by atoms with Crippen molar-refractivity contribution >= 4 is 48.0 Å². The maximum absolute atomic E-state index is 13.0. The molecule has 0 aromatic carbocycles. The number of unbranched alkanes of at least 4 members (excludes halogenated alkanes) is 20. The van der Waals surface area contributed by atoms with Crippen molar-refractivity contribution < 1.29 is 90.6 Å². The lowest BCUT2D eigenvalue weighted by atomic mass is 9.85. The smallest absolute Gasteiger partial charge is 0.462 e. The van der Waals surface area contributed by atoms with Crippen LogP contribution in [0.5, 0.6) is 0 Å². The molecule has 23 heteroatoms. The monoisotopic (exact) mass is 946 g/mol. The molecule has 19 nitrogen and oxygen atoms in total. The first-order valence-corrected chi connectivity index (χ1v) is 26.6. The second-order valence-electron chi connectivity index (χ2n) is 15.4. The molecule has 8 atom stereocenters. The minimum absolute atomic E-state index is 0.00182. The number of rotatable bonds is 37. The molecule has 0 aliphatic heterocycles. The van der Waals surface area contributed by atoms with E-state index in [9.17, 15) is 63.1 Å². The Hall–Kier alpha value is -0.500. The zero-order chi connectivity index (χ0) is 45.0. The second kappa shape index (κ2) is 32.2. The summed E-state index contributed by atoms with van der Waals surface area (Å²) < 4.78 is 65.2. The number of esters is 2. The van der Waals surface area contributed by atoms with E-state index in [1.54, 1.807) is 0 Å². The summed E-state index contributed by atoms with van der Waals surface area (Å²) in [4.78, 5) is 72.8. The molecule has 8 N–H and O–H groups in total. The third kappa shape index (κ3) is 28.3. The van der Waals surface area contributed by atoms with Crippen molar-refractivity contribution in [3.05, 3.63) is 0 Å². The van der Waals surface area contributed by atoms with Crippen LogP contribution < -0.4 is 0 Å². The highest BCUT2D eigenvalue weighted by atomic mass is 32.1. The van der Waals surface area contributed by atoms with E-state index in [0.29, 0.717) is 12.8 Å². The van der Waals surface area contributed by atoms with Crippen LogP contribution in [0, 0.1) is 0 Å². The second-order valence-corrected chi connectivity index (χ2v) is 19.6. The summed E-state index contributed by atoms with van der Waals surface area (Å²) in [6.07, 6.45) is 7.07. The molecule has 1 aliphatic rings. The molecule has 0 aromatic heterocycles. The molecule has 60 heavy (non-hydrogen) atoms. The van der Waals surface area contributed by atoms with Crippen molar-refractivity contribution in [1.82, 2.24) is 0 Å². The van der Waals surface area contributed by atoms with Crippen molar-refractivity contribution in [2.24, 2.45) is 0 Å². The fraction of sp³-hybridized carbons (Fsp3) is 0.946. The standard InChI is InChI=1S/C37H73O19P3S/c1-2-3-4-5-6-7-8-9-10-12-16-19-22-25-31(39)53-29(27-51-30(38)24-21-18-15-13-11-14-17-20-23-26-60)28-52-59(49,50)56-35-32(40)33(41)36(54-57(43,44)45)37(34(35)42)55-58(46,47)48/h29,32-37,40-42,60H,2-28H2,1H3,(H,49,50)(H2,43,44,45)(H2,46,47,48)/t29-,32-,33+,34?,35?,36?,37-/m1/s1. The quantitative estimate of drug-likeness (QED) is 0.0143. The predicted molar refractivity (Wildman–Crippen MR) is 224 cm³/mol. The summed E-state index contributed by atoms with van der Waals surface area (Å²) in [5.41, 5.74) is 0. The molecule has 1 aliphatic carbocycles. The maximum atomic E-state index is 13.0. The van der Waals surface area contributed by atoms with Crippen LogP contribution in [0.15, 0.2) is 0 Å². The van der Waals surface area contributed by atoms with Gasteiger partial charge in [-0.1, -0.05) is 129 Å². The number of hydrogen-bond donors (Lipinski definition) is 9. The average molecular weight is 947 g/mol. The average Bonchev–Trinajstić information content (AvgIpc) is 3.16. The number of carbonyl (C=O) groups excluding carboxylic acids is 2. The van der Waals surface area contributed by atoms with Gasteiger partial charge in [-0.05, 0) is 25.0 Å². The number of aliphatic hydroxyl groups is 3. The SMILES string of the molecule is CCCCCCCCCCCCCCCC(=O)O[C@H](COC(=O)CCCCCCCCCCCS)COP(=O)(O)OC1C(O)[C@@H](OP(=O)(O)O)C(OP(=O)(O)O)[C@@H](O)[C@H]1O. The summed E-state index contributed by atoms with van der Waals surface area (Å²) in [5, 5.41) is 31.8. The topological polar surface area (TPSA) is 303 Å². The van der Waals surface area contributed by atoms with Crippen molar-refractivity contribution in [2.45, 2.75) is 204 Å². The number of phosphoric ester groups is 3. The Morgan fingerprint density at radius 1 is 0.517 bits per heavy atom. The minimum atomic E-state index is -5.59. The van der Waals surface area contributed by atoms with Crippen LogP contribution in [0.1, 0.15) is 161 Å². The molecule has 0 spiro atoms. The van der Waals surface area contributed by atoms with Gasteiger partial charge in [-0.15, -0.1) is 0 Å². The normalized spacial score (nSPS) is 22.6. The first-order chi connectivity index (χ1) is 28.3. The molecule has 356 valence electrons. The molecule has 1 fully saturated rings. The number of thiol groups is 1. The first-order valence-electron chi connectivity index (χ1n) is 21.4. The van der Waals surface area contributed by atoms with Crippen molar-refractivity contribution in [2.75, 3.05) is 19.0 Å². The summed E-state index contributed by atoms with van der Waals surface area (Å²) in [5.74, 6) is -0.415. The van der Waals surface area contributed by atoms with E-state index >= 15 is 0 Å². The lowest BCUT2D eigenvalue weighted by molar-refractivity contribution is -0.213. The van der Waals surface area contributed by atoms with Crippen molar-refractivity contribution in [1.29, 1.82) is 0 Å². The molecule has 0 aromatic rings. The molecule has 0 heterocycles. The molecule has 0 saturated heterocycles. The Bertz CT molecular complexity index is 1300. The molecule has 1 saturated carbocycles. The molecular weight excluding hydrogens is 873 g/mol. The summed E-state index contributed by atoms with van der Waals surface area (Å²) in [6.45, 7) is 0.723. The number of ether oxygens (including phenoxy) is 2. The van der Waals surface area contributed by atoms with Gasteiger partial charge in [0.05, 0.1) is 6.61 Å². The summed E-state index contributed by atoms with van der Waals surface area (Å²) >= 11 is 4.22.